The normalized spacial score (nSPS) is 13.0. The molecule has 21 heavy (non-hydrogen) atoms. The van der Waals surface area contributed by atoms with Gasteiger partial charge in [0.15, 0.2) is 0 Å². The quantitative estimate of drug-likeness (QED) is 0.676. The van der Waals surface area contributed by atoms with Gasteiger partial charge >= 0.3 is 0 Å². The summed E-state index contributed by atoms with van der Waals surface area (Å²) in [4.78, 5) is 22.6. The number of nitrogens with one attached hydrogen (secondary N) is 2. The third kappa shape index (κ3) is 4.27. The van der Waals surface area contributed by atoms with E-state index in [2.05, 4.69) is 10.0 Å². The third-order valence-electron chi connectivity index (χ3n) is 2.91. The van der Waals surface area contributed by atoms with Gasteiger partial charge in [0, 0.05) is 12.6 Å². The van der Waals surface area contributed by atoms with Gasteiger partial charge in [0.05, 0.1) is 4.90 Å². The van der Waals surface area contributed by atoms with Crippen LogP contribution in [0, 0.1) is 5.92 Å². The number of benzene rings is 1. The summed E-state index contributed by atoms with van der Waals surface area (Å²) >= 11 is 0. The van der Waals surface area contributed by atoms with E-state index in [1.807, 2.05) is 0 Å². The molecule has 4 N–H and O–H groups in total. The summed E-state index contributed by atoms with van der Waals surface area (Å²) in [6.45, 7) is 3.37. The molecule has 1 rings (SSSR count). The number of amides is 2. The predicted molar refractivity (Wildman–Crippen MR) is 78.0 cm³/mol. The first-order chi connectivity index (χ1) is 9.69. The van der Waals surface area contributed by atoms with Gasteiger partial charge in [0.1, 0.15) is 6.04 Å². The highest BCUT2D eigenvalue weighted by Gasteiger charge is 2.26. The molecule has 0 spiro atoms. The molecule has 0 aliphatic carbocycles. The van der Waals surface area contributed by atoms with Crippen LogP contribution in [-0.4, -0.2) is 33.3 Å². The zero-order valence-electron chi connectivity index (χ0n) is 12.1. The molecule has 0 fully saturated rings. The molecular weight excluding hydrogens is 294 g/mol. The van der Waals surface area contributed by atoms with Crippen LogP contribution in [0.15, 0.2) is 29.2 Å². The second-order valence-electron chi connectivity index (χ2n) is 4.85. The lowest BCUT2D eigenvalue weighted by molar-refractivity contribution is -0.120. The molecule has 0 aromatic heterocycles. The number of primary amides is 1. The van der Waals surface area contributed by atoms with E-state index in [0.717, 1.165) is 0 Å². The SMILES string of the molecule is CNC(=O)c1ccc(S(=O)(=O)N[C@H](C(N)=O)C(C)C)cc1. The zero-order chi connectivity index (χ0) is 16.2. The van der Waals surface area contributed by atoms with Crippen LogP contribution in [0.4, 0.5) is 0 Å². The molecule has 0 saturated carbocycles. The van der Waals surface area contributed by atoms with E-state index >= 15 is 0 Å². The lowest BCUT2D eigenvalue weighted by Crippen LogP contribution is -2.47. The minimum Gasteiger partial charge on any atom is -0.368 e. The molecule has 1 atom stereocenters. The highest BCUT2D eigenvalue weighted by Crippen LogP contribution is 2.13. The minimum atomic E-state index is -3.88. The minimum absolute atomic E-state index is 0.0398. The summed E-state index contributed by atoms with van der Waals surface area (Å²) in [5.74, 6) is -1.33. The number of carbonyl (C=O) groups is 2. The molecular formula is C13H19N3O4S. The van der Waals surface area contributed by atoms with Gasteiger partial charge in [-0.15, -0.1) is 0 Å². The van der Waals surface area contributed by atoms with E-state index in [4.69, 9.17) is 5.73 Å². The van der Waals surface area contributed by atoms with Gasteiger partial charge in [-0.25, -0.2) is 8.42 Å². The molecule has 0 bridgehead atoms. The molecule has 0 saturated heterocycles. The van der Waals surface area contributed by atoms with Crippen LogP contribution in [0.3, 0.4) is 0 Å². The molecule has 116 valence electrons. The first-order valence-corrected chi connectivity index (χ1v) is 7.81. The van der Waals surface area contributed by atoms with Crippen LogP contribution in [0.5, 0.6) is 0 Å². The Balaban J connectivity index is 3.03. The van der Waals surface area contributed by atoms with Crippen molar-refractivity contribution in [1.29, 1.82) is 0 Å². The molecule has 7 nitrogen and oxygen atoms in total. The standard InChI is InChI=1S/C13H19N3O4S/c1-8(2)11(12(14)17)16-21(19,20)10-6-4-9(5-7-10)13(18)15-3/h4-8,11,16H,1-3H3,(H2,14,17)(H,15,18)/t11-/m0/s1. The summed E-state index contributed by atoms with van der Waals surface area (Å²) in [7, 11) is -2.40. The van der Waals surface area contributed by atoms with Gasteiger partial charge in [-0.1, -0.05) is 13.8 Å². The second kappa shape index (κ2) is 6.68. The first-order valence-electron chi connectivity index (χ1n) is 6.33. The van der Waals surface area contributed by atoms with Crippen LogP contribution < -0.4 is 15.8 Å². The number of carbonyl (C=O) groups excluding carboxylic acids is 2. The fraction of sp³-hybridized carbons (Fsp3) is 0.385. The highest BCUT2D eigenvalue weighted by atomic mass is 32.2. The molecule has 0 unspecified atom stereocenters. The Morgan fingerprint density at radius 3 is 2.05 bits per heavy atom. The van der Waals surface area contributed by atoms with E-state index in [1.54, 1.807) is 13.8 Å². The largest absolute Gasteiger partial charge is 0.368 e. The summed E-state index contributed by atoms with van der Waals surface area (Å²) in [6, 6.07) is 4.38. The number of rotatable bonds is 6. The van der Waals surface area contributed by atoms with Crippen molar-refractivity contribution in [2.24, 2.45) is 11.7 Å². The number of hydrogen-bond donors (Lipinski definition) is 3. The van der Waals surface area contributed by atoms with Crippen molar-refractivity contribution in [2.75, 3.05) is 7.05 Å². The first kappa shape index (κ1) is 17.1. The van der Waals surface area contributed by atoms with Crippen LogP contribution in [0.2, 0.25) is 0 Å². The average Bonchev–Trinajstić information content (AvgIpc) is 2.43. The van der Waals surface area contributed by atoms with E-state index in [-0.39, 0.29) is 16.7 Å². The Labute approximate surface area is 124 Å². The summed E-state index contributed by atoms with van der Waals surface area (Å²) in [5.41, 5.74) is 5.53. The van der Waals surface area contributed by atoms with Gasteiger partial charge in [-0.05, 0) is 30.2 Å². The molecule has 0 radical (unpaired) electrons. The Hall–Kier alpha value is -1.93. The Morgan fingerprint density at radius 1 is 1.14 bits per heavy atom. The maximum absolute atomic E-state index is 12.2. The predicted octanol–water partition coefficient (Wildman–Crippen LogP) is -0.166. The molecule has 0 aliphatic heterocycles. The smallest absolute Gasteiger partial charge is 0.251 e. The maximum Gasteiger partial charge on any atom is 0.251 e. The van der Waals surface area contributed by atoms with Crippen molar-refractivity contribution in [3.05, 3.63) is 29.8 Å². The van der Waals surface area contributed by atoms with Gasteiger partial charge in [-0.2, -0.15) is 4.72 Å². The van der Waals surface area contributed by atoms with Gasteiger partial charge in [0.25, 0.3) is 5.91 Å². The van der Waals surface area contributed by atoms with Crippen LogP contribution in [0.25, 0.3) is 0 Å². The lowest BCUT2D eigenvalue weighted by Gasteiger charge is -2.19. The molecule has 2 amide bonds. The van der Waals surface area contributed by atoms with Crippen LogP contribution in [0.1, 0.15) is 24.2 Å². The molecule has 1 aromatic rings. The maximum atomic E-state index is 12.2. The number of sulfonamides is 1. The van der Waals surface area contributed by atoms with Crippen LogP contribution >= 0.6 is 0 Å². The summed E-state index contributed by atoms with van der Waals surface area (Å²) in [5, 5.41) is 2.44. The fourth-order valence-electron chi connectivity index (χ4n) is 1.69. The topological polar surface area (TPSA) is 118 Å². The zero-order valence-corrected chi connectivity index (χ0v) is 12.9. The van der Waals surface area contributed by atoms with Crippen molar-refractivity contribution < 1.29 is 18.0 Å². The van der Waals surface area contributed by atoms with Crippen molar-refractivity contribution in [3.8, 4) is 0 Å². The number of hydrogen-bond acceptors (Lipinski definition) is 4. The fourth-order valence-corrected chi connectivity index (χ4v) is 3.04. The average molecular weight is 313 g/mol. The number of nitrogens with two attached hydrogens (primary N) is 1. The van der Waals surface area contributed by atoms with E-state index in [0.29, 0.717) is 5.56 Å². The van der Waals surface area contributed by atoms with Gasteiger partial charge in [0.2, 0.25) is 15.9 Å². The lowest BCUT2D eigenvalue weighted by atomic mass is 10.1. The van der Waals surface area contributed by atoms with Gasteiger partial charge in [-0.3, -0.25) is 9.59 Å². The molecule has 8 heteroatoms. The van der Waals surface area contributed by atoms with Crippen molar-refractivity contribution >= 4 is 21.8 Å². The molecule has 0 aliphatic rings. The van der Waals surface area contributed by atoms with Crippen LogP contribution in [-0.2, 0) is 14.8 Å². The molecule has 0 heterocycles. The molecule has 1 aromatic carbocycles. The Bertz CT molecular complexity index is 623. The highest BCUT2D eigenvalue weighted by molar-refractivity contribution is 7.89. The Morgan fingerprint density at radius 2 is 1.67 bits per heavy atom. The van der Waals surface area contributed by atoms with Crippen molar-refractivity contribution in [3.63, 3.8) is 0 Å². The van der Waals surface area contributed by atoms with Crippen molar-refractivity contribution in [1.82, 2.24) is 10.0 Å². The summed E-state index contributed by atoms with van der Waals surface area (Å²) in [6.07, 6.45) is 0. The third-order valence-corrected chi connectivity index (χ3v) is 4.37. The Kier molecular flexibility index (Phi) is 5.45. The van der Waals surface area contributed by atoms with E-state index in [1.165, 1.54) is 31.3 Å². The monoisotopic (exact) mass is 313 g/mol. The van der Waals surface area contributed by atoms with E-state index in [9.17, 15) is 18.0 Å². The van der Waals surface area contributed by atoms with Crippen molar-refractivity contribution in [2.45, 2.75) is 24.8 Å². The summed E-state index contributed by atoms with van der Waals surface area (Å²) < 4.78 is 26.6. The second-order valence-corrected chi connectivity index (χ2v) is 6.56. The van der Waals surface area contributed by atoms with Gasteiger partial charge < -0.3 is 11.1 Å². The van der Waals surface area contributed by atoms with E-state index < -0.39 is 22.0 Å².